The molecule has 1 N–H and O–H groups in total. The first-order valence-electron chi connectivity index (χ1n) is 6.42. The van der Waals surface area contributed by atoms with Crippen molar-refractivity contribution in [3.8, 4) is 11.8 Å². The lowest BCUT2D eigenvalue weighted by Crippen LogP contribution is -2.31. The molecule has 0 aliphatic carbocycles. The molecular weight excluding hydrogens is 288 g/mol. The quantitative estimate of drug-likeness (QED) is 0.926. The highest BCUT2D eigenvalue weighted by Crippen LogP contribution is 2.31. The maximum absolute atomic E-state index is 12.3. The summed E-state index contributed by atoms with van der Waals surface area (Å²) in [7, 11) is 0. The van der Waals surface area contributed by atoms with Gasteiger partial charge in [0.05, 0.1) is 11.3 Å². The monoisotopic (exact) mass is 298 g/mol. The molecule has 1 aliphatic heterocycles. The molecule has 0 spiro atoms. The molecule has 1 aliphatic rings. The van der Waals surface area contributed by atoms with Crippen molar-refractivity contribution >= 4 is 23.2 Å². The van der Waals surface area contributed by atoms with E-state index in [1.807, 2.05) is 6.07 Å². The second-order valence-corrected chi connectivity index (χ2v) is 5.15. The lowest BCUT2D eigenvalue weighted by atomic mass is 10.1. The zero-order chi connectivity index (χ0) is 14.8. The topological polar surface area (TPSA) is 62.1 Å². The Labute approximate surface area is 126 Å². The fourth-order valence-corrected chi connectivity index (χ4v) is 2.46. The molecular formula is C16H11ClN2O2. The molecule has 0 saturated carbocycles. The largest absolute Gasteiger partial charge is 0.480 e. The van der Waals surface area contributed by atoms with Crippen LogP contribution in [0.15, 0.2) is 42.5 Å². The number of anilines is 1. The van der Waals surface area contributed by atoms with E-state index in [2.05, 4.69) is 5.32 Å². The first kappa shape index (κ1) is 13.5. The number of ether oxygens (including phenoxy) is 1. The number of benzene rings is 2. The molecule has 1 heterocycles. The van der Waals surface area contributed by atoms with Crippen LogP contribution in [0.25, 0.3) is 0 Å². The average Bonchev–Trinajstić information content (AvgIpc) is 2.91. The number of amides is 1. The van der Waals surface area contributed by atoms with Gasteiger partial charge in [0.1, 0.15) is 11.8 Å². The van der Waals surface area contributed by atoms with Gasteiger partial charge >= 0.3 is 0 Å². The Balaban J connectivity index is 1.75. The summed E-state index contributed by atoms with van der Waals surface area (Å²) in [4.78, 5) is 12.3. The van der Waals surface area contributed by atoms with E-state index in [0.29, 0.717) is 28.4 Å². The fourth-order valence-electron chi connectivity index (χ4n) is 2.27. The summed E-state index contributed by atoms with van der Waals surface area (Å²) in [6.45, 7) is 0. The molecule has 21 heavy (non-hydrogen) atoms. The van der Waals surface area contributed by atoms with Gasteiger partial charge in [-0.15, -0.1) is 0 Å². The van der Waals surface area contributed by atoms with Gasteiger partial charge in [0, 0.05) is 11.4 Å². The summed E-state index contributed by atoms with van der Waals surface area (Å²) < 4.78 is 5.62. The van der Waals surface area contributed by atoms with E-state index in [9.17, 15) is 4.79 Å². The van der Waals surface area contributed by atoms with Crippen LogP contribution in [0.5, 0.6) is 5.75 Å². The number of halogens is 1. The molecule has 1 amide bonds. The highest BCUT2D eigenvalue weighted by molar-refractivity contribution is 6.30. The number of nitriles is 1. The number of hydrogen-bond donors (Lipinski definition) is 1. The number of carbonyl (C=O) groups is 1. The van der Waals surface area contributed by atoms with Gasteiger partial charge in [-0.25, -0.2) is 0 Å². The van der Waals surface area contributed by atoms with E-state index in [1.165, 1.54) is 0 Å². The molecule has 2 aromatic carbocycles. The Morgan fingerprint density at radius 3 is 2.95 bits per heavy atom. The van der Waals surface area contributed by atoms with Crippen LogP contribution < -0.4 is 10.1 Å². The van der Waals surface area contributed by atoms with Crippen LogP contribution >= 0.6 is 11.6 Å². The number of carbonyl (C=O) groups excluding carboxylic acids is 1. The maximum Gasteiger partial charge on any atom is 0.265 e. The van der Waals surface area contributed by atoms with Crippen LogP contribution in [0, 0.1) is 11.3 Å². The standard InChI is InChI=1S/C16H11ClN2O2/c17-12-5-6-14-11(7-12)8-15(21-14)16(20)19-13-4-2-1-3-10(13)9-18/h1-7,15H,8H2,(H,19,20)/t15-/m0/s1. The molecule has 5 heteroatoms. The molecule has 4 nitrogen and oxygen atoms in total. The third kappa shape index (κ3) is 2.69. The van der Waals surface area contributed by atoms with Gasteiger partial charge in [-0.1, -0.05) is 23.7 Å². The summed E-state index contributed by atoms with van der Waals surface area (Å²) >= 11 is 5.93. The van der Waals surface area contributed by atoms with E-state index < -0.39 is 6.10 Å². The Morgan fingerprint density at radius 2 is 2.14 bits per heavy atom. The third-order valence-corrected chi connectivity index (χ3v) is 3.53. The molecule has 0 unspecified atom stereocenters. The molecule has 104 valence electrons. The van der Waals surface area contributed by atoms with Crippen molar-refractivity contribution in [2.45, 2.75) is 12.5 Å². The summed E-state index contributed by atoms with van der Waals surface area (Å²) in [5, 5.41) is 12.4. The van der Waals surface area contributed by atoms with Crippen molar-refractivity contribution in [3.05, 3.63) is 58.6 Å². The molecule has 1 atom stereocenters. The first-order valence-corrected chi connectivity index (χ1v) is 6.80. The minimum Gasteiger partial charge on any atom is -0.480 e. The minimum absolute atomic E-state index is 0.273. The highest BCUT2D eigenvalue weighted by atomic mass is 35.5. The Bertz CT molecular complexity index is 752. The average molecular weight is 299 g/mol. The number of fused-ring (bicyclic) bond motifs is 1. The maximum atomic E-state index is 12.3. The number of para-hydroxylation sites is 1. The number of rotatable bonds is 2. The molecule has 0 aromatic heterocycles. The lowest BCUT2D eigenvalue weighted by molar-refractivity contribution is -0.122. The van der Waals surface area contributed by atoms with E-state index in [1.54, 1.807) is 42.5 Å². The SMILES string of the molecule is N#Cc1ccccc1NC(=O)[C@@H]1Cc2cc(Cl)ccc2O1. The van der Waals surface area contributed by atoms with E-state index in [-0.39, 0.29) is 5.91 Å². The molecule has 0 bridgehead atoms. The van der Waals surface area contributed by atoms with Crippen LogP contribution in [0.1, 0.15) is 11.1 Å². The molecule has 0 fully saturated rings. The zero-order valence-electron chi connectivity index (χ0n) is 11.0. The lowest BCUT2D eigenvalue weighted by Gasteiger charge is -2.12. The van der Waals surface area contributed by atoms with Gasteiger partial charge in [-0.05, 0) is 35.9 Å². The van der Waals surface area contributed by atoms with Crippen molar-refractivity contribution in [1.82, 2.24) is 0 Å². The Kier molecular flexibility index (Phi) is 3.51. The Morgan fingerprint density at radius 1 is 1.33 bits per heavy atom. The number of nitrogens with one attached hydrogen (secondary N) is 1. The van der Waals surface area contributed by atoms with Crippen LogP contribution in [-0.4, -0.2) is 12.0 Å². The van der Waals surface area contributed by atoms with Crippen LogP contribution in [0.2, 0.25) is 5.02 Å². The second-order valence-electron chi connectivity index (χ2n) is 4.71. The van der Waals surface area contributed by atoms with Gasteiger partial charge in [-0.3, -0.25) is 4.79 Å². The van der Waals surface area contributed by atoms with Gasteiger partial charge in [0.15, 0.2) is 6.10 Å². The minimum atomic E-state index is -0.606. The summed E-state index contributed by atoms with van der Waals surface area (Å²) in [6.07, 6.45) is -0.138. The zero-order valence-corrected chi connectivity index (χ0v) is 11.7. The molecule has 2 aromatic rings. The summed E-state index contributed by atoms with van der Waals surface area (Å²) in [5.41, 5.74) is 1.82. The first-order chi connectivity index (χ1) is 10.2. The molecule has 0 radical (unpaired) electrons. The van der Waals surface area contributed by atoms with Crippen LogP contribution in [0.3, 0.4) is 0 Å². The normalized spacial score (nSPS) is 15.7. The third-order valence-electron chi connectivity index (χ3n) is 3.29. The van der Waals surface area contributed by atoms with E-state index >= 15 is 0 Å². The van der Waals surface area contributed by atoms with Crippen molar-refractivity contribution in [1.29, 1.82) is 5.26 Å². The Hall–Kier alpha value is -2.51. The van der Waals surface area contributed by atoms with E-state index in [0.717, 1.165) is 5.56 Å². The second kappa shape index (κ2) is 5.47. The molecule has 0 saturated heterocycles. The van der Waals surface area contributed by atoms with Crippen molar-refractivity contribution in [2.24, 2.45) is 0 Å². The number of hydrogen-bond acceptors (Lipinski definition) is 3. The number of nitrogens with zero attached hydrogens (tertiary/aromatic N) is 1. The predicted octanol–water partition coefficient (Wildman–Crippen LogP) is 3.15. The van der Waals surface area contributed by atoms with Crippen molar-refractivity contribution < 1.29 is 9.53 Å². The van der Waals surface area contributed by atoms with Gasteiger partial charge in [-0.2, -0.15) is 5.26 Å². The smallest absolute Gasteiger partial charge is 0.265 e. The van der Waals surface area contributed by atoms with E-state index in [4.69, 9.17) is 21.6 Å². The van der Waals surface area contributed by atoms with Gasteiger partial charge in [0.2, 0.25) is 0 Å². The van der Waals surface area contributed by atoms with Crippen molar-refractivity contribution in [2.75, 3.05) is 5.32 Å². The molecule has 3 rings (SSSR count). The fraction of sp³-hybridized carbons (Fsp3) is 0.125. The summed E-state index contributed by atoms with van der Waals surface area (Å²) in [5.74, 6) is 0.401. The van der Waals surface area contributed by atoms with Crippen molar-refractivity contribution in [3.63, 3.8) is 0 Å². The van der Waals surface area contributed by atoms with Gasteiger partial charge in [0.25, 0.3) is 5.91 Å². The van der Waals surface area contributed by atoms with Crippen LogP contribution in [0.4, 0.5) is 5.69 Å². The predicted molar refractivity (Wildman–Crippen MR) is 79.4 cm³/mol. The van der Waals surface area contributed by atoms with Gasteiger partial charge < -0.3 is 10.1 Å². The highest BCUT2D eigenvalue weighted by Gasteiger charge is 2.29. The van der Waals surface area contributed by atoms with Crippen LogP contribution in [-0.2, 0) is 11.2 Å². The summed E-state index contributed by atoms with van der Waals surface area (Å²) in [6, 6.07) is 14.2.